The fourth-order valence-electron chi connectivity index (χ4n) is 2.41. The SMILES string of the molecule is CCNC(C)C(C)SC1CCCC(C)C1. The van der Waals surface area contributed by atoms with Gasteiger partial charge >= 0.3 is 0 Å². The zero-order valence-electron chi connectivity index (χ0n) is 10.8. The van der Waals surface area contributed by atoms with Crippen molar-refractivity contribution in [2.45, 2.75) is 69.9 Å². The van der Waals surface area contributed by atoms with Crippen LogP contribution in [-0.4, -0.2) is 23.1 Å². The predicted molar refractivity (Wildman–Crippen MR) is 71.6 cm³/mol. The Kier molecular flexibility index (Phi) is 6.06. The van der Waals surface area contributed by atoms with E-state index in [4.69, 9.17) is 0 Å². The Morgan fingerprint density at radius 2 is 2.07 bits per heavy atom. The van der Waals surface area contributed by atoms with Gasteiger partial charge in [-0.2, -0.15) is 11.8 Å². The molecule has 15 heavy (non-hydrogen) atoms. The van der Waals surface area contributed by atoms with Crippen LogP contribution in [0.2, 0.25) is 0 Å². The summed E-state index contributed by atoms with van der Waals surface area (Å²) >= 11 is 2.21. The van der Waals surface area contributed by atoms with Gasteiger partial charge in [-0.05, 0) is 32.2 Å². The van der Waals surface area contributed by atoms with Crippen molar-refractivity contribution in [1.29, 1.82) is 0 Å². The Labute approximate surface area is 99.8 Å². The summed E-state index contributed by atoms with van der Waals surface area (Å²) in [6, 6.07) is 0.650. The van der Waals surface area contributed by atoms with Crippen LogP contribution in [0.3, 0.4) is 0 Å². The molecule has 1 fully saturated rings. The summed E-state index contributed by atoms with van der Waals surface area (Å²) in [5.74, 6) is 0.956. The average molecular weight is 229 g/mol. The largest absolute Gasteiger partial charge is 0.313 e. The zero-order valence-corrected chi connectivity index (χ0v) is 11.6. The van der Waals surface area contributed by atoms with Gasteiger partial charge in [0.2, 0.25) is 0 Å². The highest BCUT2D eigenvalue weighted by Crippen LogP contribution is 2.34. The van der Waals surface area contributed by atoms with E-state index in [9.17, 15) is 0 Å². The van der Waals surface area contributed by atoms with Gasteiger partial charge in [0.25, 0.3) is 0 Å². The van der Waals surface area contributed by atoms with Crippen LogP contribution in [0.25, 0.3) is 0 Å². The van der Waals surface area contributed by atoms with E-state index in [-0.39, 0.29) is 0 Å². The first-order valence-electron chi connectivity index (χ1n) is 6.52. The van der Waals surface area contributed by atoms with Crippen LogP contribution in [0.1, 0.15) is 53.4 Å². The first-order valence-corrected chi connectivity index (χ1v) is 7.46. The fourth-order valence-corrected chi connectivity index (χ4v) is 4.09. The summed E-state index contributed by atoms with van der Waals surface area (Å²) < 4.78 is 0. The molecule has 4 unspecified atom stereocenters. The Morgan fingerprint density at radius 1 is 1.33 bits per heavy atom. The molecule has 90 valence electrons. The van der Waals surface area contributed by atoms with E-state index in [2.05, 4.69) is 44.8 Å². The number of rotatable bonds is 5. The van der Waals surface area contributed by atoms with Crippen LogP contribution >= 0.6 is 11.8 Å². The molecule has 4 atom stereocenters. The second kappa shape index (κ2) is 6.80. The molecule has 2 heteroatoms. The molecule has 0 saturated heterocycles. The maximum absolute atomic E-state index is 3.53. The monoisotopic (exact) mass is 229 g/mol. The highest BCUT2D eigenvalue weighted by atomic mass is 32.2. The van der Waals surface area contributed by atoms with Crippen molar-refractivity contribution < 1.29 is 0 Å². The van der Waals surface area contributed by atoms with Gasteiger partial charge in [0.1, 0.15) is 0 Å². The summed E-state index contributed by atoms with van der Waals surface area (Å²) in [4.78, 5) is 0. The molecule has 1 rings (SSSR count). The lowest BCUT2D eigenvalue weighted by atomic mass is 9.91. The molecule has 1 aliphatic carbocycles. The van der Waals surface area contributed by atoms with Crippen molar-refractivity contribution in [1.82, 2.24) is 5.32 Å². The van der Waals surface area contributed by atoms with Gasteiger partial charge in [0.05, 0.1) is 0 Å². The molecular weight excluding hydrogens is 202 g/mol. The van der Waals surface area contributed by atoms with Crippen LogP contribution in [0.15, 0.2) is 0 Å². The maximum atomic E-state index is 3.53. The summed E-state index contributed by atoms with van der Waals surface area (Å²) in [7, 11) is 0. The van der Waals surface area contributed by atoms with Crippen molar-refractivity contribution in [3.63, 3.8) is 0 Å². The van der Waals surface area contributed by atoms with Gasteiger partial charge in [-0.1, -0.05) is 33.6 Å². The smallest absolute Gasteiger partial charge is 0.0172 e. The normalized spacial score (nSPS) is 31.2. The van der Waals surface area contributed by atoms with Crippen molar-refractivity contribution in [3.05, 3.63) is 0 Å². The van der Waals surface area contributed by atoms with E-state index in [1.54, 1.807) is 0 Å². The van der Waals surface area contributed by atoms with Gasteiger partial charge in [0, 0.05) is 16.5 Å². The maximum Gasteiger partial charge on any atom is 0.0172 e. The second-order valence-electron chi connectivity index (χ2n) is 5.08. The molecule has 0 aliphatic heterocycles. The Bertz CT molecular complexity index is 172. The van der Waals surface area contributed by atoms with Crippen LogP contribution in [0.4, 0.5) is 0 Å². The lowest BCUT2D eigenvalue weighted by Gasteiger charge is -2.30. The molecule has 0 aromatic carbocycles. The van der Waals surface area contributed by atoms with Crippen LogP contribution in [0.5, 0.6) is 0 Å². The van der Waals surface area contributed by atoms with Crippen molar-refractivity contribution in [2.24, 2.45) is 5.92 Å². The summed E-state index contributed by atoms with van der Waals surface area (Å²) in [6.45, 7) is 10.4. The van der Waals surface area contributed by atoms with Crippen molar-refractivity contribution in [2.75, 3.05) is 6.54 Å². The summed E-state index contributed by atoms with van der Waals surface area (Å²) in [6.07, 6.45) is 5.78. The third kappa shape index (κ3) is 4.78. The first kappa shape index (κ1) is 13.4. The molecule has 0 heterocycles. The van der Waals surface area contributed by atoms with E-state index in [1.807, 2.05) is 0 Å². The second-order valence-corrected chi connectivity index (χ2v) is 6.76. The number of hydrogen-bond donors (Lipinski definition) is 1. The van der Waals surface area contributed by atoms with E-state index >= 15 is 0 Å². The van der Waals surface area contributed by atoms with Crippen LogP contribution in [-0.2, 0) is 0 Å². The first-order chi connectivity index (χ1) is 7.13. The minimum atomic E-state index is 0.650. The minimum absolute atomic E-state index is 0.650. The molecule has 0 aromatic heterocycles. The molecule has 0 amide bonds. The lowest BCUT2D eigenvalue weighted by Crippen LogP contribution is -2.35. The molecule has 1 saturated carbocycles. The number of hydrogen-bond acceptors (Lipinski definition) is 2. The molecule has 1 nitrogen and oxygen atoms in total. The van der Waals surface area contributed by atoms with Gasteiger partial charge in [0.15, 0.2) is 0 Å². The van der Waals surface area contributed by atoms with Crippen molar-refractivity contribution >= 4 is 11.8 Å². The highest BCUT2D eigenvalue weighted by molar-refractivity contribution is 8.00. The number of nitrogens with one attached hydrogen (secondary N) is 1. The quantitative estimate of drug-likeness (QED) is 0.772. The van der Waals surface area contributed by atoms with E-state index < -0.39 is 0 Å². The van der Waals surface area contributed by atoms with Gasteiger partial charge in [-0.15, -0.1) is 0 Å². The van der Waals surface area contributed by atoms with Crippen molar-refractivity contribution in [3.8, 4) is 0 Å². The standard InChI is InChI=1S/C13H27NS/c1-5-14-11(3)12(4)15-13-8-6-7-10(2)9-13/h10-14H,5-9H2,1-4H3. The Hall–Kier alpha value is 0.310. The summed E-state index contributed by atoms with van der Waals surface area (Å²) in [5, 5.41) is 5.20. The summed E-state index contributed by atoms with van der Waals surface area (Å²) in [5.41, 5.74) is 0. The zero-order chi connectivity index (χ0) is 11.3. The molecule has 0 bridgehead atoms. The van der Waals surface area contributed by atoms with Crippen LogP contribution in [0, 0.1) is 5.92 Å². The molecular formula is C13H27NS. The molecule has 0 aromatic rings. The Balaban J connectivity index is 2.26. The fraction of sp³-hybridized carbons (Fsp3) is 1.00. The highest BCUT2D eigenvalue weighted by Gasteiger charge is 2.23. The molecule has 1 aliphatic rings. The van der Waals surface area contributed by atoms with E-state index in [0.717, 1.165) is 23.0 Å². The lowest BCUT2D eigenvalue weighted by molar-refractivity contribution is 0.393. The Morgan fingerprint density at radius 3 is 2.67 bits per heavy atom. The van der Waals surface area contributed by atoms with E-state index in [1.165, 1.54) is 25.7 Å². The molecule has 1 N–H and O–H groups in total. The minimum Gasteiger partial charge on any atom is -0.313 e. The van der Waals surface area contributed by atoms with Gasteiger partial charge in [-0.25, -0.2) is 0 Å². The van der Waals surface area contributed by atoms with Crippen LogP contribution < -0.4 is 5.32 Å². The average Bonchev–Trinajstić information content (AvgIpc) is 2.18. The predicted octanol–water partition coefficient (Wildman–Crippen LogP) is 3.68. The molecule has 0 radical (unpaired) electrons. The van der Waals surface area contributed by atoms with Gasteiger partial charge < -0.3 is 5.32 Å². The number of thioether (sulfide) groups is 1. The van der Waals surface area contributed by atoms with Gasteiger partial charge in [-0.3, -0.25) is 0 Å². The molecule has 0 spiro atoms. The third-order valence-corrected chi connectivity index (χ3v) is 5.18. The third-order valence-electron chi connectivity index (χ3n) is 3.53. The topological polar surface area (TPSA) is 12.0 Å². The van der Waals surface area contributed by atoms with E-state index in [0.29, 0.717) is 6.04 Å².